The van der Waals surface area contributed by atoms with E-state index in [4.69, 9.17) is 21.1 Å². The van der Waals surface area contributed by atoms with Crippen molar-refractivity contribution >= 4 is 17.5 Å². The summed E-state index contributed by atoms with van der Waals surface area (Å²) >= 11 is 6.26. The highest BCUT2D eigenvalue weighted by Crippen LogP contribution is 2.29. The maximum atomic E-state index is 12.4. The summed E-state index contributed by atoms with van der Waals surface area (Å²) in [5.74, 6) is 0.904. The van der Waals surface area contributed by atoms with Gasteiger partial charge in [-0.1, -0.05) is 11.6 Å². The van der Waals surface area contributed by atoms with Gasteiger partial charge in [0.2, 0.25) is 0 Å². The minimum Gasteiger partial charge on any atom is -0.496 e. The molecule has 0 spiro atoms. The first kappa shape index (κ1) is 17.6. The van der Waals surface area contributed by atoms with E-state index in [1.807, 2.05) is 0 Å². The van der Waals surface area contributed by atoms with Gasteiger partial charge in [-0.2, -0.15) is 4.68 Å². The molecule has 25 heavy (non-hydrogen) atoms. The van der Waals surface area contributed by atoms with E-state index in [1.165, 1.54) is 31.0 Å². The number of ether oxygens (including phenoxy) is 2. The number of carbonyl (C=O) groups is 1. The van der Waals surface area contributed by atoms with E-state index in [-0.39, 0.29) is 5.91 Å². The van der Waals surface area contributed by atoms with Crippen molar-refractivity contribution in [2.45, 2.75) is 19.3 Å². The van der Waals surface area contributed by atoms with E-state index in [2.05, 4.69) is 20.8 Å². The summed E-state index contributed by atoms with van der Waals surface area (Å²) in [6.45, 7) is 2.00. The molecular formula is C16H20ClN5O3. The van der Waals surface area contributed by atoms with Gasteiger partial charge < -0.3 is 14.8 Å². The lowest BCUT2D eigenvalue weighted by Gasteiger charge is -2.12. The van der Waals surface area contributed by atoms with Gasteiger partial charge in [0.05, 0.1) is 23.4 Å². The monoisotopic (exact) mass is 365 g/mol. The van der Waals surface area contributed by atoms with Crippen LogP contribution in [0.1, 0.15) is 29.6 Å². The van der Waals surface area contributed by atoms with E-state index < -0.39 is 0 Å². The Labute approximate surface area is 150 Å². The van der Waals surface area contributed by atoms with Crippen molar-refractivity contribution in [2.24, 2.45) is 5.92 Å². The lowest BCUT2D eigenvalue weighted by Crippen LogP contribution is -2.26. The fourth-order valence-electron chi connectivity index (χ4n) is 2.34. The molecule has 0 saturated heterocycles. The number of benzene rings is 1. The van der Waals surface area contributed by atoms with Crippen molar-refractivity contribution in [1.82, 2.24) is 25.5 Å². The number of aromatic nitrogens is 4. The van der Waals surface area contributed by atoms with Crippen LogP contribution in [0.2, 0.25) is 5.02 Å². The Kier molecular flexibility index (Phi) is 5.83. The van der Waals surface area contributed by atoms with Crippen LogP contribution >= 0.6 is 11.6 Å². The van der Waals surface area contributed by atoms with Crippen molar-refractivity contribution < 1.29 is 14.3 Å². The highest BCUT2D eigenvalue weighted by atomic mass is 35.5. The number of amides is 1. The molecule has 0 unspecified atom stereocenters. The summed E-state index contributed by atoms with van der Waals surface area (Å²) in [4.78, 5) is 12.4. The molecule has 0 radical (unpaired) electrons. The minimum atomic E-state index is -0.246. The molecule has 9 heteroatoms. The number of hydrogen-bond donors (Lipinski definition) is 1. The fourth-order valence-corrected chi connectivity index (χ4v) is 2.59. The molecule has 1 N–H and O–H groups in total. The molecule has 1 saturated carbocycles. The van der Waals surface area contributed by atoms with Crippen LogP contribution < -0.4 is 10.1 Å². The maximum Gasteiger partial charge on any atom is 0.255 e. The van der Waals surface area contributed by atoms with E-state index >= 15 is 0 Å². The van der Waals surface area contributed by atoms with Crippen LogP contribution in [0, 0.1) is 5.92 Å². The number of rotatable bonds is 9. The van der Waals surface area contributed by atoms with Gasteiger partial charge >= 0.3 is 0 Å². The molecule has 0 atom stereocenters. The van der Waals surface area contributed by atoms with Crippen molar-refractivity contribution in [1.29, 1.82) is 0 Å². The molecule has 1 amide bonds. The normalized spacial score (nSPS) is 13.7. The quantitative estimate of drug-likeness (QED) is 0.682. The zero-order chi connectivity index (χ0) is 17.6. The van der Waals surface area contributed by atoms with Crippen molar-refractivity contribution in [2.75, 3.05) is 26.9 Å². The van der Waals surface area contributed by atoms with E-state index in [1.54, 1.807) is 12.1 Å². The van der Waals surface area contributed by atoms with Crippen molar-refractivity contribution in [3.8, 4) is 11.4 Å². The van der Waals surface area contributed by atoms with Crippen molar-refractivity contribution in [3.63, 3.8) is 0 Å². The smallest absolute Gasteiger partial charge is 0.255 e. The van der Waals surface area contributed by atoms with Gasteiger partial charge in [-0.05, 0) is 41.7 Å². The molecule has 2 aromatic rings. The largest absolute Gasteiger partial charge is 0.496 e. The lowest BCUT2D eigenvalue weighted by molar-refractivity contribution is 0.0934. The number of methoxy groups -OCH3 is 1. The maximum absolute atomic E-state index is 12.4. The topological polar surface area (TPSA) is 91.2 Å². The highest BCUT2D eigenvalue weighted by molar-refractivity contribution is 6.33. The Morgan fingerprint density at radius 2 is 2.28 bits per heavy atom. The van der Waals surface area contributed by atoms with Gasteiger partial charge in [0.15, 0.2) is 0 Å². The van der Waals surface area contributed by atoms with Crippen LogP contribution in [0.15, 0.2) is 18.5 Å². The second-order valence-electron chi connectivity index (χ2n) is 5.89. The molecule has 3 rings (SSSR count). The highest BCUT2D eigenvalue weighted by Gasteiger charge is 2.21. The summed E-state index contributed by atoms with van der Waals surface area (Å²) in [6, 6.07) is 3.18. The van der Waals surface area contributed by atoms with Gasteiger partial charge in [0, 0.05) is 25.8 Å². The SMILES string of the molecule is COc1cc(-n2cnnn2)c(Cl)cc1C(=O)NCCCOCC1CC1. The summed E-state index contributed by atoms with van der Waals surface area (Å²) in [7, 11) is 1.50. The third-order valence-electron chi connectivity index (χ3n) is 3.91. The van der Waals surface area contributed by atoms with E-state index in [9.17, 15) is 4.79 Å². The number of tetrazole rings is 1. The van der Waals surface area contributed by atoms with Crippen LogP contribution in [0.5, 0.6) is 5.75 Å². The van der Waals surface area contributed by atoms with Gasteiger partial charge in [-0.25, -0.2) is 0 Å². The number of halogens is 1. The second kappa shape index (κ2) is 8.26. The average molecular weight is 366 g/mol. The summed E-state index contributed by atoms with van der Waals surface area (Å²) in [6.07, 6.45) is 4.73. The predicted molar refractivity (Wildman–Crippen MR) is 91.2 cm³/mol. The van der Waals surface area contributed by atoms with Crippen LogP contribution in [0.25, 0.3) is 5.69 Å². The predicted octanol–water partition coefficient (Wildman–Crippen LogP) is 1.87. The average Bonchev–Trinajstić information content (AvgIpc) is 3.28. The van der Waals surface area contributed by atoms with Gasteiger partial charge in [-0.3, -0.25) is 4.79 Å². The second-order valence-corrected chi connectivity index (χ2v) is 6.29. The Balaban J connectivity index is 1.58. The molecule has 8 nitrogen and oxygen atoms in total. The van der Waals surface area contributed by atoms with E-state index in [0.717, 1.165) is 18.9 Å². The van der Waals surface area contributed by atoms with Crippen LogP contribution in [-0.2, 0) is 4.74 Å². The molecule has 1 aliphatic carbocycles. The lowest BCUT2D eigenvalue weighted by atomic mass is 10.1. The van der Waals surface area contributed by atoms with Gasteiger partial charge in [-0.15, -0.1) is 5.10 Å². The number of carbonyl (C=O) groups excluding carboxylic acids is 1. The Bertz CT molecular complexity index is 719. The molecular weight excluding hydrogens is 346 g/mol. The number of hydrogen-bond acceptors (Lipinski definition) is 6. The first-order valence-corrected chi connectivity index (χ1v) is 8.53. The zero-order valence-electron chi connectivity index (χ0n) is 13.9. The summed E-state index contributed by atoms with van der Waals surface area (Å²) in [5, 5.41) is 14.1. The van der Waals surface area contributed by atoms with Gasteiger partial charge in [0.25, 0.3) is 5.91 Å². The number of nitrogens with one attached hydrogen (secondary N) is 1. The molecule has 0 aliphatic heterocycles. The molecule has 1 heterocycles. The first-order valence-electron chi connectivity index (χ1n) is 8.16. The van der Waals surface area contributed by atoms with Crippen LogP contribution in [0.4, 0.5) is 0 Å². The molecule has 0 bridgehead atoms. The van der Waals surface area contributed by atoms with Crippen LogP contribution in [0.3, 0.4) is 0 Å². The Morgan fingerprint density at radius 1 is 1.44 bits per heavy atom. The Morgan fingerprint density at radius 3 is 2.96 bits per heavy atom. The molecule has 1 aromatic carbocycles. The first-order chi connectivity index (χ1) is 12.2. The number of nitrogens with zero attached hydrogens (tertiary/aromatic N) is 4. The minimum absolute atomic E-state index is 0.246. The third-order valence-corrected chi connectivity index (χ3v) is 4.21. The molecule has 1 aliphatic rings. The molecule has 1 fully saturated rings. The van der Waals surface area contributed by atoms with Crippen LogP contribution in [-0.4, -0.2) is 53.0 Å². The summed E-state index contributed by atoms with van der Waals surface area (Å²) < 4.78 is 12.3. The van der Waals surface area contributed by atoms with Crippen molar-refractivity contribution in [3.05, 3.63) is 29.0 Å². The fraction of sp³-hybridized carbons (Fsp3) is 0.500. The molecule has 134 valence electrons. The Hall–Kier alpha value is -2.19. The standard InChI is InChI=1S/C16H20ClN5O3/c1-24-15-8-14(22-10-19-20-21-22)13(17)7-12(15)16(23)18-5-2-6-25-9-11-3-4-11/h7-8,10-11H,2-6,9H2,1H3,(H,18,23). The zero-order valence-corrected chi connectivity index (χ0v) is 14.7. The summed E-state index contributed by atoms with van der Waals surface area (Å²) in [5.41, 5.74) is 0.900. The van der Waals surface area contributed by atoms with Gasteiger partial charge in [0.1, 0.15) is 12.1 Å². The molecule has 1 aromatic heterocycles. The third kappa shape index (κ3) is 4.67. The van der Waals surface area contributed by atoms with E-state index in [0.29, 0.717) is 35.2 Å².